The topological polar surface area (TPSA) is 111 Å². The molecule has 0 radical (unpaired) electrons. The van der Waals surface area contributed by atoms with Gasteiger partial charge >= 0.3 is 5.97 Å². The molecule has 33 heavy (non-hydrogen) atoms. The Morgan fingerprint density at radius 1 is 1.27 bits per heavy atom. The Bertz CT molecular complexity index is 1430. The highest BCUT2D eigenvalue weighted by Crippen LogP contribution is 2.46. The third-order valence-corrected chi connectivity index (χ3v) is 7.00. The highest BCUT2D eigenvalue weighted by Gasteiger charge is 2.37. The molecule has 8 nitrogen and oxygen atoms in total. The number of pyridine rings is 2. The molecule has 170 valence electrons. The maximum atomic E-state index is 14.7. The van der Waals surface area contributed by atoms with E-state index in [-0.39, 0.29) is 55.0 Å². The van der Waals surface area contributed by atoms with Gasteiger partial charge in [0.25, 0.3) is 5.56 Å². The van der Waals surface area contributed by atoms with Crippen LogP contribution >= 0.6 is 0 Å². The Labute approximate surface area is 187 Å². The van der Waals surface area contributed by atoms with Crippen molar-refractivity contribution in [1.29, 1.82) is 0 Å². The molecule has 0 bridgehead atoms. The highest BCUT2D eigenvalue weighted by atomic mass is 19.1. The summed E-state index contributed by atoms with van der Waals surface area (Å²) < 4.78 is 27.2. The van der Waals surface area contributed by atoms with E-state index in [1.54, 1.807) is 17.6 Å². The van der Waals surface area contributed by atoms with Crippen molar-refractivity contribution in [2.75, 3.05) is 13.2 Å². The molecule has 1 aromatic carbocycles. The van der Waals surface area contributed by atoms with Gasteiger partial charge in [0.05, 0.1) is 48.3 Å². The molecule has 2 atom stereocenters. The summed E-state index contributed by atoms with van der Waals surface area (Å²) in [5.41, 5.74) is 4.69. The number of aromatic nitrogens is 2. The van der Waals surface area contributed by atoms with Crippen molar-refractivity contribution >= 4 is 16.9 Å². The minimum absolute atomic E-state index is 0.124. The Balaban J connectivity index is 1.65. The second-order valence-electron chi connectivity index (χ2n) is 8.70. The first-order valence-corrected chi connectivity index (χ1v) is 10.9. The van der Waals surface area contributed by atoms with Crippen molar-refractivity contribution < 1.29 is 28.9 Å². The van der Waals surface area contributed by atoms with Crippen LogP contribution in [0.3, 0.4) is 0 Å². The Hall–Kier alpha value is -3.14. The zero-order valence-electron chi connectivity index (χ0n) is 17.9. The molecular weight excluding hydrogens is 431 g/mol. The van der Waals surface area contributed by atoms with E-state index in [9.17, 15) is 24.2 Å². The van der Waals surface area contributed by atoms with Gasteiger partial charge in [-0.15, -0.1) is 0 Å². The van der Waals surface area contributed by atoms with E-state index in [4.69, 9.17) is 14.5 Å². The van der Waals surface area contributed by atoms with Crippen LogP contribution in [0.15, 0.2) is 16.9 Å². The van der Waals surface area contributed by atoms with Gasteiger partial charge in [-0.05, 0) is 42.5 Å². The number of hydrogen-bond donors (Lipinski definition) is 2. The summed E-state index contributed by atoms with van der Waals surface area (Å²) in [6.07, 6.45) is -0.631. The fourth-order valence-electron chi connectivity index (χ4n) is 5.42. The molecule has 9 heteroatoms. The average molecular weight is 452 g/mol. The summed E-state index contributed by atoms with van der Waals surface area (Å²) in [6.45, 7) is 1.83. The third kappa shape index (κ3) is 2.76. The van der Waals surface area contributed by atoms with Crippen molar-refractivity contribution in [3.8, 4) is 11.4 Å². The van der Waals surface area contributed by atoms with Crippen molar-refractivity contribution in [3.05, 3.63) is 61.7 Å². The summed E-state index contributed by atoms with van der Waals surface area (Å²) in [7, 11) is 0. The van der Waals surface area contributed by atoms with E-state index < -0.39 is 12.1 Å². The van der Waals surface area contributed by atoms with E-state index in [1.165, 1.54) is 6.07 Å². The van der Waals surface area contributed by atoms with Crippen LogP contribution < -0.4 is 5.56 Å². The van der Waals surface area contributed by atoms with Crippen LogP contribution in [0.25, 0.3) is 22.3 Å². The first kappa shape index (κ1) is 20.5. The smallest absolute Gasteiger partial charge is 0.340 e. The van der Waals surface area contributed by atoms with Crippen molar-refractivity contribution in [3.63, 3.8) is 0 Å². The van der Waals surface area contributed by atoms with Crippen LogP contribution in [0.1, 0.15) is 52.0 Å². The molecule has 6 rings (SSSR count). The van der Waals surface area contributed by atoms with Crippen LogP contribution in [0.4, 0.5) is 4.39 Å². The molecule has 0 spiro atoms. The Morgan fingerprint density at radius 3 is 2.88 bits per heavy atom. The molecule has 3 aromatic rings. The first-order valence-electron chi connectivity index (χ1n) is 10.9. The second kappa shape index (κ2) is 7.18. The molecule has 2 aliphatic heterocycles. The van der Waals surface area contributed by atoms with E-state index in [0.717, 1.165) is 22.1 Å². The monoisotopic (exact) mass is 452 g/mol. The fourth-order valence-corrected chi connectivity index (χ4v) is 5.42. The number of nitrogens with zero attached hydrogens (tertiary/aromatic N) is 2. The summed E-state index contributed by atoms with van der Waals surface area (Å²) >= 11 is 0. The number of halogens is 1. The summed E-state index contributed by atoms with van der Waals surface area (Å²) in [6, 6.07) is 3.01. The summed E-state index contributed by atoms with van der Waals surface area (Å²) in [5.74, 6) is -1.14. The molecule has 4 heterocycles. The number of esters is 1. The van der Waals surface area contributed by atoms with Crippen LogP contribution in [0.5, 0.6) is 0 Å². The number of fused-ring (bicyclic) bond motifs is 5. The van der Waals surface area contributed by atoms with Gasteiger partial charge in [0, 0.05) is 22.6 Å². The number of benzene rings is 1. The molecular formula is C24H21FN2O6. The Morgan fingerprint density at radius 2 is 2.09 bits per heavy atom. The standard InChI is InChI=1S/C24H21FN2O6/c1-10-11-2-3-18(32-5-4-28)20-13-8-27-17(21(13)26-16(19(11)20)7-15(10)25)6-12-14(23(27)30)9-33-24(31)22(12)29/h6-7,18,22,28-29H,2-5,8-9H2,1H3. The predicted octanol–water partition coefficient (Wildman–Crippen LogP) is 1.96. The molecule has 2 N–H and O–H groups in total. The number of hydrogen-bond acceptors (Lipinski definition) is 7. The zero-order chi connectivity index (χ0) is 23.0. The highest BCUT2D eigenvalue weighted by molar-refractivity contribution is 5.93. The van der Waals surface area contributed by atoms with Gasteiger partial charge in [-0.2, -0.15) is 0 Å². The van der Waals surface area contributed by atoms with E-state index in [2.05, 4.69) is 0 Å². The van der Waals surface area contributed by atoms with Crippen LogP contribution in [0, 0.1) is 12.7 Å². The fraction of sp³-hybridized carbons (Fsp3) is 0.375. The maximum absolute atomic E-state index is 14.7. The number of cyclic esters (lactones) is 1. The molecule has 3 aliphatic rings. The minimum Gasteiger partial charge on any atom is -0.458 e. The SMILES string of the molecule is Cc1c(F)cc2nc3c(c4c2c1CCC4OCCO)Cn1c-3cc2c(c1=O)COC(=O)C2O. The molecule has 0 amide bonds. The van der Waals surface area contributed by atoms with Gasteiger partial charge in [-0.1, -0.05) is 0 Å². The molecule has 1 aliphatic carbocycles. The molecule has 0 saturated carbocycles. The quantitative estimate of drug-likeness (QED) is 0.457. The molecule has 2 aromatic heterocycles. The number of aliphatic hydroxyl groups excluding tert-OH is 2. The van der Waals surface area contributed by atoms with Crippen molar-refractivity contribution in [2.45, 2.75) is 45.1 Å². The average Bonchev–Trinajstić information content (AvgIpc) is 3.17. The maximum Gasteiger partial charge on any atom is 0.340 e. The molecule has 2 unspecified atom stereocenters. The van der Waals surface area contributed by atoms with Crippen LogP contribution in [-0.2, 0) is 33.8 Å². The van der Waals surface area contributed by atoms with Gasteiger partial charge in [0.15, 0.2) is 6.10 Å². The summed E-state index contributed by atoms with van der Waals surface area (Å²) in [4.78, 5) is 29.9. The molecule has 0 saturated heterocycles. The lowest BCUT2D eigenvalue weighted by molar-refractivity contribution is -0.157. The van der Waals surface area contributed by atoms with Gasteiger partial charge in [0.1, 0.15) is 12.4 Å². The number of rotatable bonds is 3. The van der Waals surface area contributed by atoms with Crippen LogP contribution in [-0.4, -0.2) is 38.9 Å². The van der Waals surface area contributed by atoms with E-state index >= 15 is 0 Å². The molecule has 0 fully saturated rings. The lowest BCUT2D eigenvalue weighted by Crippen LogP contribution is -2.32. The summed E-state index contributed by atoms with van der Waals surface area (Å²) in [5, 5.41) is 20.5. The van der Waals surface area contributed by atoms with Crippen LogP contribution in [0.2, 0.25) is 0 Å². The Kier molecular flexibility index (Phi) is 4.45. The van der Waals surface area contributed by atoms with Crippen molar-refractivity contribution in [1.82, 2.24) is 9.55 Å². The number of aryl methyl sites for hydroxylation is 1. The van der Waals surface area contributed by atoms with E-state index in [1.807, 2.05) is 0 Å². The minimum atomic E-state index is -1.54. The van der Waals surface area contributed by atoms with Crippen molar-refractivity contribution in [2.24, 2.45) is 0 Å². The number of carbonyl (C=O) groups is 1. The first-order chi connectivity index (χ1) is 15.9. The zero-order valence-corrected chi connectivity index (χ0v) is 17.9. The largest absolute Gasteiger partial charge is 0.458 e. The second-order valence-corrected chi connectivity index (χ2v) is 8.70. The van der Waals surface area contributed by atoms with Gasteiger partial charge in [-0.3, -0.25) is 4.79 Å². The van der Waals surface area contributed by atoms with E-state index in [0.29, 0.717) is 35.3 Å². The normalized spacial score (nSPS) is 20.4. The predicted molar refractivity (Wildman–Crippen MR) is 114 cm³/mol. The van der Waals surface area contributed by atoms with Gasteiger partial charge < -0.3 is 24.3 Å². The lowest BCUT2D eigenvalue weighted by atomic mass is 9.83. The number of carbonyl (C=O) groups excluding carboxylic acids is 1. The van der Waals surface area contributed by atoms with Gasteiger partial charge in [-0.25, -0.2) is 14.2 Å². The number of aliphatic hydroxyl groups is 2. The lowest BCUT2D eigenvalue weighted by Gasteiger charge is -2.29. The number of ether oxygens (including phenoxy) is 2. The third-order valence-electron chi connectivity index (χ3n) is 7.00. The van der Waals surface area contributed by atoms with Gasteiger partial charge in [0.2, 0.25) is 0 Å².